The van der Waals surface area contributed by atoms with Crippen molar-refractivity contribution in [1.29, 1.82) is 0 Å². The summed E-state index contributed by atoms with van der Waals surface area (Å²) < 4.78 is 1.57. The molecule has 1 amide bonds. The van der Waals surface area contributed by atoms with Crippen LogP contribution in [0.2, 0.25) is 0 Å². The third-order valence-electron chi connectivity index (χ3n) is 3.95. The first-order valence-corrected chi connectivity index (χ1v) is 7.23. The van der Waals surface area contributed by atoms with Crippen LogP contribution >= 0.6 is 0 Å². The first-order valence-electron chi connectivity index (χ1n) is 7.23. The Balaban J connectivity index is 2.00. The largest absolute Gasteiger partial charge is 0.328 e. The van der Waals surface area contributed by atoms with E-state index in [9.17, 15) is 9.59 Å². The Morgan fingerprint density at radius 3 is 2.73 bits per heavy atom. The van der Waals surface area contributed by atoms with Gasteiger partial charge in [0.15, 0.2) is 0 Å². The molecule has 0 atom stereocenters. The summed E-state index contributed by atoms with van der Waals surface area (Å²) in [4.78, 5) is 32.8. The van der Waals surface area contributed by atoms with Gasteiger partial charge in [0.05, 0.1) is 0 Å². The van der Waals surface area contributed by atoms with Crippen LogP contribution in [0.5, 0.6) is 0 Å². The highest BCUT2D eigenvalue weighted by molar-refractivity contribution is 5.96. The number of amides is 1. The molecule has 3 rings (SSSR count). The molecule has 1 aliphatic heterocycles. The Morgan fingerprint density at radius 2 is 2.05 bits per heavy atom. The highest BCUT2D eigenvalue weighted by Crippen LogP contribution is 2.23. The molecule has 22 heavy (non-hydrogen) atoms. The van der Waals surface area contributed by atoms with Crippen LogP contribution in [0.25, 0.3) is 0 Å². The molecular formula is C16H18N4O2. The van der Waals surface area contributed by atoms with Crippen molar-refractivity contribution >= 4 is 5.91 Å². The van der Waals surface area contributed by atoms with E-state index < -0.39 is 5.66 Å². The zero-order valence-corrected chi connectivity index (χ0v) is 12.9. The Morgan fingerprint density at radius 1 is 1.27 bits per heavy atom. The number of pyridine rings is 1. The van der Waals surface area contributed by atoms with Crippen molar-refractivity contribution in [3.63, 3.8) is 0 Å². The van der Waals surface area contributed by atoms with Gasteiger partial charge in [-0.05, 0) is 51.3 Å². The van der Waals surface area contributed by atoms with Gasteiger partial charge < -0.3 is 5.32 Å². The van der Waals surface area contributed by atoms with Crippen molar-refractivity contribution in [1.82, 2.24) is 19.9 Å². The van der Waals surface area contributed by atoms with E-state index >= 15 is 0 Å². The highest BCUT2D eigenvalue weighted by Gasteiger charge is 2.37. The molecule has 2 aromatic rings. The van der Waals surface area contributed by atoms with Crippen molar-refractivity contribution < 1.29 is 4.79 Å². The lowest BCUT2D eigenvalue weighted by Crippen LogP contribution is -2.42. The van der Waals surface area contributed by atoms with E-state index in [1.54, 1.807) is 10.8 Å². The zero-order valence-electron chi connectivity index (χ0n) is 12.9. The average molecular weight is 298 g/mol. The van der Waals surface area contributed by atoms with Crippen LogP contribution in [-0.2, 0) is 18.5 Å². The predicted octanol–water partition coefficient (Wildman–Crippen LogP) is 1.17. The molecule has 0 aliphatic carbocycles. The van der Waals surface area contributed by atoms with Gasteiger partial charge in [-0.1, -0.05) is 0 Å². The van der Waals surface area contributed by atoms with Crippen LogP contribution in [-0.4, -0.2) is 20.4 Å². The van der Waals surface area contributed by atoms with E-state index in [4.69, 9.17) is 0 Å². The van der Waals surface area contributed by atoms with Crippen LogP contribution in [0, 0.1) is 6.92 Å². The number of hydrogen-bond acceptors (Lipinski definition) is 4. The Kier molecular flexibility index (Phi) is 3.31. The first-order chi connectivity index (χ1) is 10.4. The third kappa shape index (κ3) is 2.30. The van der Waals surface area contributed by atoms with Gasteiger partial charge in [-0.15, -0.1) is 0 Å². The van der Waals surface area contributed by atoms with Crippen LogP contribution in [0.3, 0.4) is 0 Å². The second kappa shape index (κ2) is 5.05. The van der Waals surface area contributed by atoms with Gasteiger partial charge in [-0.2, -0.15) is 0 Å². The minimum Gasteiger partial charge on any atom is -0.328 e. The summed E-state index contributed by atoms with van der Waals surface area (Å²) in [7, 11) is 0. The number of aryl methyl sites for hydroxylation is 3. The molecule has 0 spiro atoms. The van der Waals surface area contributed by atoms with Crippen LogP contribution < -0.4 is 10.9 Å². The van der Waals surface area contributed by atoms with E-state index in [1.165, 1.54) is 6.33 Å². The van der Waals surface area contributed by atoms with Gasteiger partial charge in [0.1, 0.15) is 17.7 Å². The van der Waals surface area contributed by atoms with Gasteiger partial charge >= 0.3 is 0 Å². The number of nitrogens with zero attached hydrogens (tertiary/aromatic N) is 3. The van der Waals surface area contributed by atoms with Crippen molar-refractivity contribution in [3.05, 3.63) is 57.5 Å². The van der Waals surface area contributed by atoms with E-state index in [0.29, 0.717) is 24.1 Å². The number of carbonyl (C=O) groups excluding carboxylic acids is 1. The minimum atomic E-state index is -0.695. The van der Waals surface area contributed by atoms with Gasteiger partial charge in [-0.25, -0.2) is 9.97 Å². The number of nitrogens with one attached hydrogen (secondary N) is 1. The second-order valence-corrected chi connectivity index (χ2v) is 6.06. The minimum absolute atomic E-state index is 0.113. The Hall–Kier alpha value is -2.50. The van der Waals surface area contributed by atoms with Gasteiger partial charge in [0, 0.05) is 17.5 Å². The molecule has 0 aromatic carbocycles. The van der Waals surface area contributed by atoms with Crippen molar-refractivity contribution in [2.45, 2.75) is 39.3 Å². The normalized spacial score (nSPS) is 15.5. The SMILES string of the molecule is Cc1cc(CCc2ccncn2)c(=O)n2c1C(=O)NC2(C)C. The molecule has 0 fully saturated rings. The fourth-order valence-electron chi connectivity index (χ4n) is 2.93. The smallest absolute Gasteiger partial charge is 0.270 e. The van der Waals surface area contributed by atoms with Crippen LogP contribution in [0.4, 0.5) is 0 Å². The highest BCUT2D eigenvalue weighted by atomic mass is 16.2. The Bertz CT molecular complexity index is 794. The van der Waals surface area contributed by atoms with Crippen LogP contribution in [0.15, 0.2) is 29.5 Å². The summed E-state index contributed by atoms with van der Waals surface area (Å²) in [5.41, 5.74) is 2.06. The lowest BCUT2D eigenvalue weighted by atomic mass is 10.1. The molecule has 0 radical (unpaired) electrons. The number of fused-ring (bicyclic) bond motifs is 1. The standard InChI is InChI=1S/C16H18N4O2/c1-10-8-11(4-5-12-6-7-17-9-18-12)15(22)20-13(10)14(21)19-16(20,2)3/h6-9H,4-5H2,1-3H3,(H,19,21). The lowest BCUT2D eigenvalue weighted by Gasteiger charge is -2.22. The maximum absolute atomic E-state index is 12.7. The van der Waals surface area contributed by atoms with E-state index in [2.05, 4.69) is 15.3 Å². The molecule has 0 bridgehead atoms. The Labute approximate surface area is 128 Å². The summed E-state index contributed by atoms with van der Waals surface area (Å²) in [6, 6.07) is 3.66. The van der Waals surface area contributed by atoms with Gasteiger partial charge in [-0.3, -0.25) is 14.2 Å². The van der Waals surface area contributed by atoms with E-state index in [1.807, 2.05) is 32.9 Å². The summed E-state index contributed by atoms with van der Waals surface area (Å²) in [6.45, 7) is 5.52. The molecule has 1 N–H and O–H groups in total. The number of aromatic nitrogens is 3. The molecular weight excluding hydrogens is 280 g/mol. The van der Waals surface area contributed by atoms with Gasteiger partial charge in [0.25, 0.3) is 11.5 Å². The third-order valence-corrected chi connectivity index (χ3v) is 3.95. The van der Waals surface area contributed by atoms with Crippen LogP contribution in [0.1, 0.15) is 41.2 Å². The fourth-order valence-corrected chi connectivity index (χ4v) is 2.93. The summed E-state index contributed by atoms with van der Waals surface area (Å²) in [5, 5.41) is 2.84. The maximum atomic E-state index is 12.7. The first kappa shape index (κ1) is 14.4. The topological polar surface area (TPSA) is 76.9 Å². The molecule has 0 saturated carbocycles. The molecule has 114 valence electrons. The molecule has 0 saturated heterocycles. The fraction of sp³-hybridized carbons (Fsp3) is 0.375. The summed E-state index contributed by atoms with van der Waals surface area (Å²) >= 11 is 0. The van der Waals surface area contributed by atoms with Crippen molar-refractivity contribution in [2.24, 2.45) is 0 Å². The van der Waals surface area contributed by atoms with Gasteiger partial charge in [0.2, 0.25) is 0 Å². The molecule has 3 heterocycles. The summed E-state index contributed by atoms with van der Waals surface area (Å²) in [6.07, 6.45) is 4.44. The quantitative estimate of drug-likeness (QED) is 0.922. The molecule has 6 nitrogen and oxygen atoms in total. The predicted molar refractivity (Wildman–Crippen MR) is 81.7 cm³/mol. The monoisotopic (exact) mass is 298 g/mol. The lowest BCUT2D eigenvalue weighted by molar-refractivity contribution is 0.0934. The molecule has 0 unspecified atom stereocenters. The second-order valence-electron chi connectivity index (χ2n) is 6.06. The number of rotatable bonds is 3. The van der Waals surface area contributed by atoms with Crippen molar-refractivity contribution in [3.8, 4) is 0 Å². The van der Waals surface area contributed by atoms with E-state index in [0.717, 1.165) is 11.3 Å². The summed E-state index contributed by atoms with van der Waals surface area (Å²) in [5.74, 6) is -0.193. The maximum Gasteiger partial charge on any atom is 0.270 e. The number of carbonyl (C=O) groups is 1. The number of hydrogen-bond donors (Lipinski definition) is 1. The van der Waals surface area contributed by atoms with Crippen molar-refractivity contribution in [2.75, 3.05) is 0 Å². The molecule has 6 heteroatoms. The molecule has 1 aliphatic rings. The molecule has 2 aromatic heterocycles. The van der Waals surface area contributed by atoms with E-state index in [-0.39, 0.29) is 11.5 Å². The average Bonchev–Trinajstić information content (AvgIpc) is 2.72. The zero-order chi connectivity index (χ0) is 15.9.